The molecule has 0 atom stereocenters. The van der Waals surface area contributed by atoms with Gasteiger partial charge >= 0.3 is 0 Å². The number of allylic oxidation sites excluding steroid dienone is 5. The van der Waals surface area contributed by atoms with Crippen LogP contribution in [0.3, 0.4) is 0 Å². The average molecular weight is 247 g/mol. The highest BCUT2D eigenvalue weighted by Crippen LogP contribution is 2.23. The molecule has 0 amide bonds. The molecule has 0 heterocycles. The Labute approximate surface area is 113 Å². The van der Waals surface area contributed by atoms with Crippen molar-refractivity contribution >= 4 is 5.71 Å². The Balaban J connectivity index is 5.42. The molecule has 0 saturated heterocycles. The molecule has 0 N–H and O–H groups in total. The van der Waals surface area contributed by atoms with Crippen molar-refractivity contribution < 1.29 is 0 Å². The molecule has 0 spiro atoms. The number of hydrogen-bond acceptors (Lipinski definition) is 1. The Morgan fingerprint density at radius 2 is 1.78 bits per heavy atom. The fraction of sp³-hybridized carbons (Fsp3) is 0.588. The summed E-state index contributed by atoms with van der Waals surface area (Å²) < 4.78 is 0. The summed E-state index contributed by atoms with van der Waals surface area (Å²) in [5, 5.41) is 0. The van der Waals surface area contributed by atoms with Crippen LogP contribution in [0.15, 0.2) is 40.1 Å². The minimum atomic E-state index is 1.04. The smallest absolute Gasteiger partial charge is 0.0446 e. The van der Waals surface area contributed by atoms with Crippen LogP contribution in [0.4, 0.5) is 0 Å². The van der Waals surface area contributed by atoms with Crippen molar-refractivity contribution in [2.24, 2.45) is 4.99 Å². The van der Waals surface area contributed by atoms with Crippen LogP contribution in [0, 0.1) is 0 Å². The van der Waals surface area contributed by atoms with E-state index in [0.29, 0.717) is 0 Å². The van der Waals surface area contributed by atoms with E-state index in [-0.39, 0.29) is 0 Å². The van der Waals surface area contributed by atoms with E-state index in [2.05, 4.69) is 58.7 Å². The molecule has 0 rings (SSSR count). The van der Waals surface area contributed by atoms with E-state index < -0.39 is 0 Å². The van der Waals surface area contributed by atoms with Crippen LogP contribution in [0.5, 0.6) is 0 Å². The molecule has 0 bridgehead atoms. The number of rotatable bonds is 7. The van der Waals surface area contributed by atoms with Crippen LogP contribution >= 0.6 is 0 Å². The third kappa shape index (κ3) is 5.48. The fourth-order valence-electron chi connectivity index (χ4n) is 2.17. The first-order chi connectivity index (χ1) is 8.62. The maximum absolute atomic E-state index is 4.57. The van der Waals surface area contributed by atoms with E-state index in [9.17, 15) is 0 Å². The minimum Gasteiger partial charge on any atom is -0.261 e. The third-order valence-electron chi connectivity index (χ3n) is 3.07. The second-order valence-corrected chi connectivity index (χ2v) is 4.58. The predicted molar refractivity (Wildman–Crippen MR) is 84.2 cm³/mol. The Morgan fingerprint density at radius 3 is 2.22 bits per heavy atom. The topological polar surface area (TPSA) is 12.4 Å². The number of nitrogens with zero attached hydrogens (tertiary/aromatic N) is 1. The zero-order valence-electron chi connectivity index (χ0n) is 13.0. The molecular weight excluding hydrogens is 218 g/mol. The summed E-state index contributed by atoms with van der Waals surface area (Å²) in [6, 6.07) is 0. The van der Waals surface area contributed by atoms with E-state index in [4.69, 9.17) is 0 Å². The summed E-state index contributed by atoms with van der Waals surface area (Å²) in [5.41, 5.74) is 5.37. The van der Waals surface area contributed by atoms with Crippen LogP contribution in [0.2, 0.25) is 0 Å². The normalized spacial score (nSPS) is 15.2. The number of hydrogen-bond donors (Lipinski definition) is 0. The summed E-state index contributed by atoms with van der Waals surface area (Å²) in [6.45, 7) is 13.0. The molecule has 0 aliphatic carbocycles. The molecule has 0 fully saturated rings. The second kappa shape index (κ2) is 9.87. The summed E-state index contributed by atoms with van der Waals surface area (Å²) in [6.07, 6.45) is 10.7. The van der Waals surface area contributed by atoms with E-state index in [1.807, 2.05) is 6.20 Å². The Morgan fingerprint density at radius 1 is 1.11 bits per heavy atom. The highest BCUT2D eigenvalue weighted by Gasteiger charge is 2.09. The van der Waals surface area contributed by atoms with E-state index in [1.165, 1.54) is 23.1 Å². The van der Waals surface area contributed by atoms with Gasteiger partial charge in [0.15, 0.2) is 0 Å². The summed E-state index contributed by atoms with van der Waals surface area (Å²) >= 11 is 0. The third-order valence-corrected chi connectivity index (χ3v) is 3.07. The van der Waals surface area contributed by atoms with Gasteiger partial charge in [0.2, 0.25) is 0 Å². The standard InChI is InChI=1S/C17H29N/c1-7-11-13-18-15(6)17(14(5)12-8-2)16(9-3)10-4/h9,11,13H,7-8,10,12H2,1-6H3/b13-11+,16-9-,17-14-,18-15+. The fourth-order valence-corrected chi connectivity index (χ4v) is 2.17. The first-order valence-electron chi connectivity index (χ1n) is 7.17. The summed E-state index contributed by atoms with van der Waals surface area (Å²) in [5.74, 6) is 0. The van der Waals surface area contributed by atoms with Crippen LogP contribution in [-0.4, -0.2) is 5.71 Å². The van der Waals surface area contributed by atoms with Gasteiger partial charge in [0.05, 0.1) is 0 Å². The molecule has 0 aromatic rings. The van der Waals surface area contributed by atoms with Crippen LogP contribution in [0.1, 0.15) is 67.2 Å². The highest BCUT2D eigenvalue weighted by atomic mass is 14.7. The van der Waals surface area contributed by atoms with Crippen molar-refractivity contribution in [3.8, 4) is 0 Å². The van der Waals surface area contributed by atoms with Gasteiger partial charge in [-0.3, -0.25) is 4.99 Å². The van der Waals surface area contributed by atoms with Gasteiger partial charge in [-0.15, -0.1) is 0 Å². The second-order valence-electron chi connectivity index (χ2n) is 4.58. The van der Waals surface area contributed by atoms with Gasteiger partial charge in [0.25, 0.3) is 0 Å². The zero-order chi connectivity index (χ0) is 14.0. The summed E-state index contributed by atoms with van der Waals surface area (Å²) in [4.78, 5) is 4.57. The maximum atomic E-state index is 4.57. The van der Waals surface area contributed by atoms with Crippen molar-refractivity contribution in [1.29, 1.82) is 0 Å². The molecule has 18 heavy (non-hydrogen) atoms. The van der Waals surface area contributed by atoms with Crippen molar-refractivity contribution in [2.75, 3.05) is 0 Å². The maximum Gasteiger partial charge on any atom is 0.0446 e. The van der Waals surface area contributed by atoms with Crippen molar-refractivity contribution in [3.05, 3.63) is 35.1 Å². The average Bonchev–Trinajstić information content (AvgIpc) is 2.35. The monoisotopic (exact) mass is 247 g/mol. The van der Waals surface area contributed by atoms with Gasteiger partial charge in [-0.05, 0) is 51.2 Å². The first-order valence-corrected chi connectivity index (χ1v) is 7.17. The molecule has 1 nitrogen and oxygen atoms in total. The molecule has 0 radical (unpaired) electrons. The van der Waals surface area contributed by atoms with Crippen molar-refractivity contribution in [3.63, 3.8) is 0 Å². The van der Waals surface area contributed by atoms with E-state index in [1.54, 1.807) is 0 Å². The first kappa shape index (κ1) is 16.9. The Bertz CT molecular complexity index is 354. The van der Waals surface area contributed by atoms with Crippen LogP contribution in [0.25, 0.3) is 0 Å². The van der Waals surface area contributed by atoms with Gasteiger partial charge < -0.3 is 0 Å². The molecule has 0 aliphatic rings. The number of aliphatic imine (C=N–C) groups is 1. The lowest BCUT2D eigenvalue weighted by molar-refractivity contribution is 0.895. The largest absolute Gasteiger partial charge is 0.261 e. The molecule has 0 aliphatic heterocycles. The van der Waals surface area contributed by atoms with Crippen LogP contribution < -0.4 is 0 Å². The van der Waals surface area contributed by atoms with Crippen LogP contribution in [-0.2, 0) is 0 Å². The van der Waals surface area contributed by atoms with Gasteiger partial charge in [-0.1, -0.05) is 44.9 Å². The lowest BCUT2D eigenvalue weighted by Crippen LogP contribution is -2.04. The molecule has 102 valence electrons. The molecule has 0 saturated carbocycles. The van der Waals surface area contributed by atoms with Gasteiger partial charge in [-0.2, -0.15) is 0 Å². The Kier molecular flexibility index (Phi) is 9.26. The zero-order valence-corrected chi connectivity index (χ0v) is 13.0. The van der Waals surface area contributed by atoms with E-state index >= 15 is 0 Å². The van der Waals surface area contributed by atoms with Gasteiger partial charge in [0, 0.05) is 11.9 Å². The van der Waals surface area contributed by atoms with Gasteiger partial charge in [0.1, 0.15) is 0 Å². The molecule has 0 aromatic carbocycles. The Hall–Kier alpha value is -1.11. The quantitative estimate of drug-likeness (QED) is 0.395. The molecular formula is C17H29N. The van der Waals surface area contributed by atoms with Crippen molar-refractivity contribution in [1.82, 2.24) is 0 Å². The minimum absolute atomic E-state index is 1.04. The molecule has 1 heteroatoms. The molecule has 0 unspecified atom stereocenters. The molecule has 0 aromatic heterocycles. The summed E-state index contributed by atoms with van der Waals surface area (Å²) in [7, 11) is 0. The predicted octanol–water partition coefficient (Wildman–Crippen LogP) is 5.84. The lowest BCUT2D eigenvalue weighted by atomic mass is 9.92. The van der Waals surface area contributed by atoms with Crippen molar-refractivity contribution in [2.45, 2.75) is 67.2 Å². The lowest BCUT2D eigenvalue weighted by Gasteiger charge is -2.14. The highest BCUT2D eigenvalue weighted by molar-refractivity contribution is 6.03. The van der Waals surface area contributed by atoms with Gasteiger partial charge in [-0.25, -0.2) is 0 Å². The van der Waals surface area contributed by atoms with E-state index in [0.717, 1.165) is 25.0 Å². The SMILES string of the molecule is C\C=C(CC)/C(C(/C)=N/C=C/CC)=C(/C)CCC.